The molecule has 1 aromatic carbocycles. The van der Waals surface area contributed by atoms with Crippen molar-refractivity contribution in [1.82, 2.24) is 10.3 Å². The van der Waals surface area contributed by atoms with Crippen LogP contribution < -0.4 is 16.4 Å². The maximum absolute atomic E-state index is 12.2. The Kier molecular flexibility index (Phi) is 8.69. The van der Waals surface area contributed by atoms with E-state index in [2.05, 4.69) is 20.6 Å². The average Bonchev–Trinajstić information content (AvgIpc) is 2.70. The van der Waals surface area contributed by atoms with Gasteiger partial charge in [-0.05, 0) is 43.5 Å². The van der Waals surface area contributed by atoms with Crippen molar-refractivity contribution in [1.29, 1.82) is 0 Å². The number of aryl methyl sites for hydroxylation is 1. The molecule has 0 unspecified atom stereocenters. The zero-order chi connectivity index (χ0) is 22.3. The second-order valence-electron chi connectivity index (χ2n) is 6.78. The van der Waals surface area contributed by atoms with Crippen molar-refractivity contribution in [2.24, 2.45) is 10.7 Å². The van der Waals surface area contributed by atoms with Crippen molar-refractivity contribution in [2.75, 3.05) is 12.4 Å². The lowest BCUT2D eigenvalue weighted by molar-refractivity contribution is 0.0982. The molecule has 0 saturated heterocycles. The van der Waals surface area contributed by atoms with Gasteiger partial charge in [-0.3, -0.25) is 4.79 Å². The molecule has 0 aliphatic carbocycles. The van der Waals surface area contributed by atoms with E-state index >= 15 is 0 Å². The fraction of sp³-hybridized carbons (Fsp3) is 0.318. The third-order valence-electron chi connectivity index (χ3n) is 4.46. The fourth-order valence-electron chi connectivity index (χ4n) is 2.75. The first kappa shape index (κ1) is 23.7. The van der Waals surface area contributed by atoms with Gasteiger partial charge in [0.1, 0.15) is 5.84 Å². The van der Waals surface area contributed by atoms with E-state index < -0.39 is 0 Å². The van der Waals surface area contributed by atoms with Gasteiger partial charge in [-0.15, -0.1) is 0 Å². The van der Waals surface area contributed by atoms with Crippen LogP contribution in [-0.2, 0) is 6.42 Å². The third-order valence-corrected chi connectivity index (χ3v) is 5.05. The van der Waals surface area contributed by atoms with Gasteiger partial charge in [-0.1, -0.05) is 37.0 Å². The molecule has 0 atom stereocenters. The number of halogens is 2. The number of nitrogens with zero attached hydrogens (tertiary/aromatic N) is 2. The van der Waals surface area contributed by atoms with Gasteiger partial charge in [-0.2, -0.15) is 0 Å². The summed E-state index contributed by atoms with van der Waals surface area (Å²) in [5.41, 5.74) is 9.63. The highest BCUT2D eigenvalue weighted by atomic mass is 35.5. The summed E-state index contributed by atoms with van der Waals surface area (Å²) >= 11 is 12.9. The van der Waals surface area contributed by atoms with Gasteiger partial charge < -0.3 is 16.4 Å². The molecular weight excluding hydrogens is 421 g/mol. The van der Waals surface area contributed by atoms with Crippen LogP contribution in [0.2, 0.25) is 10.0 Å². The van der Waals surface area contributed by atoms with E-state index in [1.165, 1.54) is 0 Å². The molecule has 6 nitrogen and oxygen atoms in total. The van der Waals surface area contributed by atoms with E-state index in [-0.39, 0.29) is 5.78 Å². The van der Waals surface area contributed by atoms with Gasteiger partial charge in [0.15, 0.2) is 11.6 Å². The summed E-state index contributed by atoms with van der Waals surface area (Å²) < 4.78 is 0. The summed E-state index contributed by atoms with van der Waals surface area (Å²) in [5, 5.41) is 7.01. The minimum absolute atomic E-state index is 0.0167. The first-order valence-electron chi connectivity index (χ1n) is 9.77. The number of hydrogen-bond donors (Lipinski definition) is 3. The molecule has 0 bridgehead atoms. The number of amidine groups is 1. The molecule has 4 N–H and O–H groups in total. The topological polar surface area (TPSA) is 92.4 Å². The van der Waals surface area contributed by atoms with Gasteiger partial charge in [0, 0.05) is 42.7 Å². The number of ketones is 1. The van der Waals surface area contributed by atoms with Crippen molar-refractivity contribution in [2.45, 2.75) is 40.0 Å². The molecule has 0 aliphatic heterocycles. The summed E-state index contributed by atoms with van der Waals surface area (Å²) in [6.07, 6.45) is 5.43. The molecule has 0 spiro atoms. The quantitative estimate of drug-likeness (QED) is 0.257. The molecule has 0 amide bonds. The van der Waals surface area contributed by atoms with Crippen LogP contribution in [-0.4, -0.2) is 23.7 Å². The monoisotopic (exact) mass is 447 g/mol. The molecule has 30 heavy (non-hydrogen) atoms. The van der Waals surface area contributed by atoms with Crippen molar-refractivity contribution in [3.63, 3.8) is 0 Å². The molecule has 0 fully saturated rings. The number of hydrogen-bond acceptors (Lipinski definition) is 5. The van der Waals surface area contributed by atoms with Gasteiger partial charge in [-0.25, -0.2) is 9.98 Å². The highest BCUT2D eigenvalue weighted by Crippen LogP contribution is 2.36. The SMILES string of the molecule is CCCC(=O)c1cc(Cl)c(Nc2cc(N=C(N)/C=C(/C)NC)ncc2CC)c(Cl)c1. The standard InChI is InChI=1S/C22H27Cl2N5O/c1-5-7-19(30)15-9-16(23)22(17(24)10-15)28-18-11-21(27-12-14(18)6-2)29-20(25)8-13(3)26-4/h8-12,26H,5-7H2,1-4H3,(H3,25,27,28,29)/b13-8-. The number of aromatic nitrogens is 1. The molecule has 160 valence electrons. The molecule has 0 aliphatic rings. The van der Waals surface area contributed by atoms with Crippen LogP contribution in [0, 0.1) is 0 Å². The molecule has 0 saturated carbocycles. The first-order valence-corrected chi connectivity index (χ1v) is 10.5. The van der Waals surface area contributed by atoms with Gasteiger partial charge in [0.25, 0.3) is 0 Å². The molecule has 1 aromatic heterocycles. The van der Waals surface area contributed by atoms with Gasteiger partial charge in [0.05, 0.1) is 15.7 Å². The van der Waals surface area contributed by atoms with Crippen LogP contribution in [0.25, 0.3) is 0 Å². The average molecular weight is 448 g/mol. The Balaban J connectivity index is 2.40. The van der Waals surface area contributed by atoms with Crippen LogP contribution in [0.4, 0.5) is 17.2 Å². The van der Waals surface area contributed by atoms with E-state index in [1.807, 2.05) is 27.8 Å². The maximum atomic E-state index is 12.2. The van der Waals surface area contributed by atoms with Crippen LogP contribution in [0.5, 0.6) is 0 Å². The highest BCUT2D eigenvalue weighted by molar-refractivity contribution is 6.39. The summed E-state index contributed by atoms with van der Waals surface area (Å²) in [6, 6.07) is 5.07. The number of nitrogens with one attached hydrogen (secondary N) is 2. The minimum Gasteiger partial charge on any atom is -0.392 e. The zero-order valence-electron chi connectivity index (χ0n) is 17.6. The summed E-state index contributed by atoms with van der Waals surface area (Å²) in [4.78, 5) is 20.9. The van der Waals surface area contributed by atoms with Crippen molar-refractivity contribution in [3.05, 3.63) is 57.3 Å². The number of allylic oxidation sites excluding steroid dienone is 1. The number of carbonyl (C=O) groups excluding carboxylic acids is 1. The smallest absolute Gasteiger partial charge is 0.162 e. The van der Waals surface area contributed by atoms with Crippen LogP contribution in [0.15, 0.2) is 41.2 Å². The first-order chi connectivity index (χ1) is 14.3. The molecule has 2 aromatic rings. The van der Waals surface area contributed by atoms with E-state index in [0.717, 1.165) is 29.8 Å². The lowest BCUT2D eigenvalue weighted by Gasteiger charge is -2.15. The summed E-state index contributed by atoms with van der Waals surface area (Å²) in [5.74, 6) is 0.803. The third kappa shape index (κ3) is 6.21. The Morgan fingerprint density at radius 1 is 1.23 bits per heavy atom. The van der Waals surface area contributed by atoms with Crippen LogP contribution in [0.1, 0.15) is 49.5 Å². The molecule has 8 heteroatoms. The Labute approximate surface area is 187 Å². The largest absolute Gasteiger partial charge is 0.392 e. The lowest BCUT2D eigenvalue weighted by atomic mass is 10.1. The second-order valence-corrected chi connectivity index (χ2v) is 7.59. The Morgan fingerprint density at radius 2 is 1.90 bits per heavy atom. The number of nitrogens with two attached hydrogens (primary N) is 1. The number of pyridine rings is 1. The Morgan fingerprint density at radius 3 is 2.47 bits per heavy atom. The second kappa shape index (κ2) is 11.0. The molecular formula is C22H27Cl2N5O. The van der Waals surface area contributed by atoms with E-state index in [0.29, 0.717) is 39.4 Å². The van der Waals surface area contributed by atoms with Crippen LogP contribution >= 0.6 is 23.2 Å². The van der Waals surface area contributed by atoms with Gasteiger partial charge in [0.2, 0.25) is 0 Å². The Hall–Kier alpha value is -2.57. The van der Waals surface area contributed by atoms with Crippen molar-refractivity contribution in [3.8, 4) is 0 Å². The van der Waals surface area contributed by atoms with Gasteiger partial charge >= 0.3 is 0 Å². The Bertz CT molecular complexity index is 962. The predicted octanol–water partition coefficient (Wildman–Crippen LogP) is 5.79. The molecule has 1 heterocycles. The number of benzene rings is 1. The van der Waals surface area contributed by atoms with Crippen LogP contribution in [0.3, 0.4) is 0 Å². The van der Waals surface area contributed by atoms with E-state index in [9.17, 15) is 4.79 Å². The normalized spacial score (nSPS) is 12.1. The zero-order valence-corrected chi connectivity index (χ0v) is 19.2. The minimum atomic E-state index is 0.0167. The van der Waals surface area contributed by atoms with Crippen molar-refractivity contribution >= 4 is 52.0 Å². The number of Topliss-reactive ketones (excluding diaryl/α,β-unsaturated/α-hetero) is 1. The number of rotatable bonds is 9. The van der Waals surface area contributed by atoms with E-state index in [1.54, 1.807) is 30.5 Å². The highest BCUT2D eigenvalue weighted by Gasteiger charge is 2.14. The number of anilines is 2. The maximum Gasteiger partial charge on any atom is 0.162 e. The summed E-state index contributed by atoms with van der Waals surface area (Å²) in [6.45, 7) is 5.87. The van der Waals surface area contributed by atoms with E-state index in [4.69, 9.17) is 28.9 Å². The lowest BCUT2D eigenvalue weighted by Crippen LogP contribution is -2.12. The predicted molar refractivity (Wildman–Crippen MR) is 127 cm³/mol. The summed E-state index contributed by atoms with van der Waals surface area (Å²) in [7, 11) is 1.81. The molecule has 2 rings (SSSR count). The number of carbonyl (C=O) groups is 1. The fourth-order valence-corrected chi connectivity index (χ4v) is 3.33. The number of aliphatic imine (C=N–C) groups is 1. The van der Waals surface area contributed by atoms with Crippen molar-refractivity contribution < 1.29 is 4.79 Å². The molecule has 0 radical (unpaired) electrons.